The highest BCUT2D eigenvalue weighted by Crippen LogP contribution is 2.23. The number of hydrogen-bond acceptors (Lipinski definition) is 7. The molecule has 0 N–H and O–H groups in total. The predicted octanol–water partition coefficient (Wildman–Crippen LogP) is 3.85. The molecule has 0 bridgehead atoms. The fourth-order valence-corrected chi connectivity index (χ4v) is 4.02. The van der Waals surface area contributed by atoms with Crippen molar-refractivity contribution < 1.29 is 9.21 Å². The van der Waals surface area contributed by atoms with Crippen molar-refractivity contribution in [2.75, 3.05) is 20.1 Å². The molecule has 0 unspecified atom stereocenters. The van der Waals surface area contributed by atoms with Crippen molar-refractivity contribution in [1.29, 1.82) is 0 Å². The molecule has 3 heterocycles. The molecular weight excluding hydrogens is 424 g/mol. The van der Waals surface area contributed by atoms with Crippen LogP contribution in [0.4, 0.5) is 0 Å². The van der Waals surface area contributed by atoms with Crippen LogP contribution in [0.15, 0.2) is 64.7 Å². The number of nitrogens with zero attached hydrogens (tertiary/aromatic N) is 6. The van der Waals surface area contributed by atoms with Gasteiger partial charge in [-0.15, -0.1) is 21.5 Å². The summed E-state index contributed by atoms with van der Waals surface area (Å²) in [5, 5.41) is 14.7. The molecule has 0 saturated heterocycles. The van der Waals surface area contributed by atoms with Gasteiger partial charge < -0.3 is 9.32 Å². The fourth-order valence-electron chi connectivity index (χ4n) is 3.38. The van der Waals surface area contributed by atoms with E-state index in [0.29, 0.717) is 24.9 Å². The van der Waals surface area contributed by atoms with Gasteiger partial charge in [0, 0.05) is 25.4 Å². The zero-order valence-electron chi connectivity index (χ0n) is 18.2. The highest BCUT2D eigenvalue weighted by Gasteiger charge is 2.18. The van der Waals surface area contributed by atoms with Gasteiger partial charge in [0.25, 0.3) is 5.89 Å². The molecule has 0 aliphatic heterocycles. The van der Waals surface area contributed by atoms with Gasteiger partial charge in [-0.05, 0) is 36.5 Å². The van der Waals surface area contributed by atoms with Crippen LogP contribution in [0, 0.1) is 0 Å². The van der Waals surface area contributed by atoms with Crippen LogP contribution in [-0.2, 0) is 17.9 Å². The highest BCUT2D eigenvalue weighted by molar-refractivity contribution is 7.13. The summed E-state index contributed by atoms with van der Waals surface area (Å²) in [5.74, 6) is 1.07. The number of hydrogen-bond donors (Lipinski definition) is 0. The van der Waals surface area contributed by atoms with Crippen LogP contribution in [0.5, 0.6) is 0 Å². The number of aromatic nitrogens is 4. The third kappa shape index (κ3) is 5.49. The number of benzene rings is 1. The molecule has 32 heavy (non-hydrogen) atoms. The van der Waals surface area contributed by atoms with E-state index in [1.165, 1.54) is 0 Å². The summed E-state index contributed by atoms with van der Waals surface area (Å²) in [5.41, 5.74) is 1.97. The Morgan fingerprint density at radius 3 is 2.72 bits per heavy atom. The molecule has 1 amide bonds. The molecule has 3 aromatic heterocycles. The standard InChI is InChI=1S/C23H26N6O2S/c1-3-11-28(16-21-25-26-23(31-21)20-10-7-12-32-20)17-22(30)27(2)14-18-13-24-29(15-18)19-8-5-4-6-9-19/h4-10,12-13,15H,3,11,14,16-17H2,1-2H3. The number of thiophene rings is 1. The molecule has 0 radical (unpaired) electrons. The number of rotatable bonds is 10. The van der Waals surface area contributed by atoms with Gasteiger partial charge in [0.2, 0.25) is 11.8 Å². The molecule has 0 fully saturated rings. The topological polar surface area (TPSA) is 80.3 Å². The average molecular weight is 451 g/mol. The van der Waals surface area contributed by atoms with Crippen LogP contribution in [0.1, 0.15) is 24.8 Å². The first-order valence-electron chi connectivity index (χ1n) is 10.5. The smallest absolute Gasteiger partial charge is 0.257 e. The number of amides is 1. The quantitative estimate of drug-likeness (QED) is 0.365. The number of carbonyl (C=O) groups excluding carboxylic acids is 1. The van der Waals surface area contributed by atoms with Crippen LogP contribution in [0.2, 0.25) is 0 Å². The molecule has 0 saturated carbocycles. The molecule has 0 atom stereocenters. The second-order valence-electron chi connectivity index (χ2n) is 7.57. The van der Waals surface area contributed by atoms with Crippen molar-refractivity contribution in [3.05, 3.63) is 71.7 Å². The van der Waals surface area contributed by atoms with E-state index in [0.717, 1.165) is 29.1 Å². The van der Waals surface area contributed by atoms with Crippen LogP contribution < -0.4 is 0 Å². The van der Waals surface area contributed by atoms with E-state index in [-0.39, 0.29) is 12.5 Å². The first-order valence-corrected chi connectivity index (χ1v) is 11.4. The first kappa shape index (κ1) is 21.9. The summed E-state index contributed by atoms with van der Waals surface area (Å²) in [6.07, 6.45) is 4.67. The minimum Gasteiger partial charge on any atom is -0.419 e. The lowest BCUT2D eigenvalue weighted by atomic mass is 10.3. The third-order valence-corrected chi connectivity index (χ3v) is 5.82. The van der Waals surface area contributed by atoms with Crippen LogP contribution in [0.25, 0.3) is 16.5 Å². The van der Waals surface area contributed by atoms with Crippen molar-refractivity contribution in [2.45, 2.75) is 26.4 Å². The minimum absolute atomic E-state index is 0.0314. The second kappa shape index (κ2) is 10.3. The monoisotopic (exact) mass is 450 g/mol. The SMILES string of the molecule is CCCN(CC(=O)N(C)Cc1cnn(-c2ccccc2)c1)Cc1nnc(-c2cccs2)o1. The molecule has 8 nitrogen and oxygen atoms in total. The normalized spacial score (nSPS) is 11.2. The molecule has 166 valence electrons. The van der Waals surface area contributed by atoms with Crippen molar-refractivity contribution in [3.8, 4) is 16.5 Å². The Kier molecular flexibility index (Phi) is 7.08. The van der Waals surface area contributed by atoms with E-state index in [9.17, 15) is 4.79 Å². The summed E-state index contributed by atoms with van der Waals surface area (Å²) >= 11 is 1.56. The molecule has 1 aromatic carbocycles. The maximum Gasteiger partial charge on any atom is 0.257 e. The Bertz CT molecular complexity index is 1120. The van der Waals surface area contributed by atoms with E-state index >= 15 is 0 Å². The lowest BCUT2D eigenvalue weighted by Crippen LogP contribution is -2.38. The summed E-state index contributed by atoms with van der Waals surface area (Å²) in [6.45, 7) is 4.08. The van der Waals surface area contributed by atoms with Crippen molar-refractivity contribution in [3.63, 3.8) is 0 Å². The van der Waals surface area contributed by atoms with Gasteiger partial charge in [-0.3, -0.25) is 9.69 Å². The maximum atomic E-state index is 12.9. The Hall–Kier alpha value is -3.30. The minimum atomic E-state index is 0.0314. The van der Waals surface area contributed by atoms with Gasteiger partial charge in [-0.1, -0.05) is 31.2 Å². The van der Waals surface area contributed by atoms with Crippen LogP contribution >= 0.6 is 11.3 Å². The molecule has 0 aliphatic rings. The lowest BCUT2D eigenvalue weighted by Gasteiger charge is -2.23. The Balaban J connectivity index is 1.35. The van der Waals surface area contributed by atoms with E-state index in [1.54, 1.807) is 22.4 Å². The average Bonchev–Trinajstić information content (AvgIpc) is 3.56. The maximum absolute atomic E-state index is 12.9. The zero-order chi connectivity index (χ0) is 22.3. The Morgan fingerprint density at radius 1 is 1.12 bits per heavy atom. The van der Waals surface area contributed by atoms with E-state index in [4.69, 9.17) is 4.42 Å². The highest BCUT2D eigenvalue weighted by atomic mass is 32.1. The summed E-state index contributed by atoms with van der Waals surface area (Å²) in [6, 6.07) is 13.8. The van der Waals surface area contributed by atoms with Crippen LogP contribution in [-0.4, -0.2) is 55.8 Å². The summed E-state index contributed by atoms with van der Waals surface area (Å²) in [4.78, 5) is 17.6. The molecule has 4 aromatic rings. The van der Waals surface area contributed by atoms with Gasteiger partial charge in [0.15, 0.2) is 0 Å². The Labute approximate surface area is 191 Å². The van der Waals surface area contributed by atoms with Crippen LogP contribution in [0.3, 0.4) is 0 Å². The zero-order valence-corrected chi connectivity index (χ0v) is 19.0. The third-order valence-electron chi connectivity index (χ3n) is 4.96. The predicted molar refractivity (Wildman–Crippen MR) is 123 cm³/mol. The molecule has 0 spiro atoms. The van der Waals surface area contributed by atoms with Gasteiger partial charge >= 0.3 is 0 Å². The number of likely N-dealkylation sites (N-methyl/N-ethyl adjacent to an activating group) is 1. The Morgan fingerprint density at radius 2 is 1.97 bits per heavy atom. The number of carbonyl (C=O) groups is 1. The van der Waals surface area contributed by atoms with Gasteiger partial charge in [-0.2, -0.15) is 5.10 Å². The van der Waals surface area contributed by atoms with Crippen molar-refractivity contribution in [2.24, 2.45) is 0 Å². The first-order chi connectivity index (χ1) is 15.6. The van der Waals surface area contributed by atoms with Gasteiger partial charge in [0.1, 0.15) is 0 Å². The van der Waals surface area contributed by atoms with E-state index < -0.39 is 0 Å². The van der Waals surface area contributed by atoms with Gasteiger partial charge in [0.05, 0.1) is 29.9 Å². The largest absolute Gasteiger partial charge is 0.419 e. The van der Waals surface area contributed by atoms with E-state index in [2.05, 4.69) is 22.2 Å². The van der Waals surface area contributed by atoms with E-state index in [1.807, 2.05) is 70.7 Å². The number of para-hydroxylation sites is 1. The summed E-state index contributed by atoms with van der Waals surface area (Å²) < 4.78 is 7.62. The lowest BCUT2D eigenvalue weighted by molar-refractivity contribution is -0.131. The molecule has 9 heteroatoms. The molecule has 4 rings (SSSR count). The van der Waals surface area contributed by atoms with Crippen molar-refractivity contribution >= 4 is 17.2 Å². The molecule has 0 aliphatic carbocycles. The van der Waals surface area contributed by atoms with Gasteiger partial charge in [-0.25, -0.2) is 4.68 Å². The molecular formula is C23H26N6O2S. The fraction of sp³-hybridized carbons (Fsp3) is 0.304. The second-order valence-corrected chi connectivity index (χ2v) is 8.52. The van der Waals surface area contributed by atoms with Crippen molar-refractivity contribution in [1.82, 2.24) is 29.8 Å². The summed E-state index contributed by atoms with van der Waals surface area (Å²) in [7, 11) is 1.81.